The van der Waals surface area contributed by atoms with E-state index < -0.39 is 5.91 Å². The summed E-state index contributed by atoms with van der Waals surface area (Å²) in [6.45, 7) is 2.18. The van der Waals surface area contributed by atoms with Crippen LogP contribution in [0.4, 0.5) is 0 Å². The molecule has 0 saturated carbocycles. The summed E-state index contributed by atoms with van der Waals surface area (Å²) in [5.74, 6) is -0.753. The van der Waals surface area contributed by atoms with Gasteiger partial charge in [0.2, 0.25) is 0 Å². The van der Waals surface area contributed by atoms with E-state index >= 15 is 0 Å². The van der Waals surface area contributed by atoms with Crippen molar-refractivity contribution in [3.63, 3.8) is 0 Å². The lowest BCUT2D eigenvalue weighted by molar-refractivity contribution is 0.0944. The average molecular weight is 264 g/mol. The van der Waals surface area contributed by atoms with Crippen LogP contribution in [0.2, 0.25) is 0 Å². The second-order valence-corrected chi connectivity index (χ2v) is 4.22. The number of hydrogen-bond acceptors (Lipinski definition) is 4. The normalized spacial score (nSPS) is 11.4. The van der Waals surface area contributed by atoms with E-state index in [0.717, 1.165) is 11.3 Å². The van der Waals surface area contributed by atoms with Crippen molar-refractivity contribution in [3.8, 4) is 0 Å². The number of thiophene rings is 1. The molecule has 0 spiro atoms. The predicted octanol–water partition coefficient (Wildman–Crippen LogP) is 0.346. The smallest absolute Gasteiger partial charge is 0.261 e. The summed E-state index contributed by atoms with van der Waals surface area (Å²) in [6, 6.07) is 3.02. The van der Waals surface area contributed by atoms with Gasteiger partial charge in [0, 0.05) is 12.6 Å². The third-order valence-electron chi connectivity index (χ3n) is 1.80. The Morgan fingerprint density at radius 1 is 1.44 bits per heavy atom. The second-order valence-electron chi connectivity index (χ2n) is 3.14. The molecule has 0 unspecified atom stereocenters. The fourth-order valence-corrected chi connectivity index (χ4v) is 1.71. The third kappa shape index (κ3) is 3.80. The molecule has 0 aliphatic rings. The van der Waals surface area contributed by atoms with Gasteiger partial charge in [-0.2, -0.15) is 0 Å². The van der Waals surface area contributed by atoms with E-state index in [2.05, 4.69) is 5.32 Å². The van der Waals surface area contributed by atoms with Gasteiger partial charge in [-0.05, 0) is 19.1 Å². The summed E-state index contributed by atoms with van der Waals surface area (Å²) in [5, 5.41) is 2.69. The van der Waals surface area contributed by atoms with Crippen LogP contribution in [0.25, 0.3) is 0 Å². The zero-order chi connectivity index (χ0) is 11.4. The number of hydrogen-bond donors (Lipinski definition) is 3. The first-order valence-electron chi connectivity index (χ1n) is 4.45. The molecule has 0 aromatic carbocycles. The minimum Gasteiger partial charge on any atom is -0.365 e. The van der Waals surface area contributed by atoms with Crippen LogP contribution in [0, 0.1) is 0 Å². The van der Waals surface area contributed by atoms with Gasteiger partial charge in [-0.15, -0.1) is 23.7 Å². The topological polar surface area (TPSA) is 98.2 Å². The molecule has 7 heteroatoms. The van der Waals surface area contributed by atoms with Gasteiger partial charge in [0.25, 0.3) is 11.8 Å². The van der Waals surface area contributed by atoms with Crippen molar-refractivity contribution >= 4 is 35.6 Å². The molecule has 0 aliphatic heterocycles. The summed E-state index contributed by atoms with van der Waals surface area (Å²) in [5.41, 5.74) is 10.4. The first-order chi connectivity index (χ1) is 7.04. The molecule has 1 rings (SSSR count). The maximum absolute atomic E-state index is 11.5. The second kappa shape index (κ2) is 6.47. The Balaban J connectivity index is 0.00000225. The molecule has 0 saturated heterocycles. The highest BCUT2D eigenvalue weighted by Crippen LogP contribution is 2.15. The molecular formula is C9H14ClN3O2S. The number of carbonyl (C=O) groups excluding carboxylic acids is 2. The lowest BCUT2D eigenvalue weighted by atomic mass is 10.3. The van der Waals surface area contributed by atoms with Crippen molar-refractivity contribution in [2.45, 2.75) is 13.0 Å². The zero-order valence-electron chi connectivity index (χ0n) is 8.73. The van der Waals surface area contributed by atoms with Crippen LogP contribution in [-0.4, -0.2) is 24.4 Å². The molecule has 5 N–H and O–H groups in total. The van der Waals surface area contributed by atoms with E-state index in [-0.39, 0.29) is 24.4 Å². The van der Waals surface area contributed by atoms with Crippen LogP contribution in [0.1, 0.15) is 26.3 Å². The van der Waals surface area contributed by atoms with Gasteiger partial charge in [0.05, 0.1) is 9.75 Å². The van der Waals surface area contributed by atoms with Crippen molar-refractivity contribution in [3.05, 3.63) is 21.9 Å². The van der Waals surface area contributed by atoms with Crippen molar-refractivity contribution in [2.75, 3.05) is 6.54 Å². The van der Waals surface area contributed by atoms with Crippen molar-refractivity contribution in [1.29, 1.82) is 0 Å². The van der Waals surface area contributed by atoms with E-state index in [4.69, 9.17) is 11.5 Å². The van der Waals surface area contributed by atoms with Gasteiger partial charge in [0.15, 0.2) is 0 Å². The molecule has 5 nitrogen and oxygen atoms in total. The van der Waals surface area contributed by atoms with E-state index in [1.54, 1.807) is 13.0 Å². The molecule has 16 heavy (non-hydrogen) atoms. The van der Waals surface area contributed by atoms with E-state index in [0.29, 0.717) is 16.3 Å². The molecule has 2 amide bonds. The molecule has 1 atom stereocenters. The van der Waals surface area contributed by atoms with Gasteiger partial charge in [-0.1, -0.05) is 0 Å². The Bertz CT molecular complexity index is 381. The highest BCUT2D eigenvalue weighted by atomic mass is 35.5. The predicted molar refractivity (Wildman–Crippen MR) is 66.1 cm³/mol. The Morgan fingerprint density at radius 3 is 2.44 bits per heavy atom. The number of primary amides is 1. The van der Waals surface area contributed by atoms with Crippen LogP contribution >= 0.6 is 23.7 Å². The molecule has 0 fully saturated rings. The average Bonchev–Trinajstić information content (AvgIpc) is 2.66. The quantitative estimate of drug-likeness (QED) is 0.731. The van der Waals surface area contributed by atoms with E-state index in [1.807, 2.05) is 0 Å². The molecular weight excluding hydrogens is 250 g/mol. The van der Waals surface area contributed by atoms with Gasteiger partial charge in [-0.25, -0.2) is 0 Å². The Kier molecular flexibility index (Phi) is 6.02. The largest absolute Gasteiger partial charge is 0.365 e. The van der Waals surface area contributed by atoms with Crippen LogP contribution < -0.4 is 16.8 Å². The minimum absolute atomic E-state index is 0. The van der Waals surface area contributed by atoms with E-state index in [1.165, 1.54) is 6.07 Å². The van der Waals surface area contributed by atoms with Crippen molar-refractivity contribution < 1.29 is 9.59 Å². The number of nitrogens with two attached hydrogens (primary N) is 2. The number of halogens is 1. The highest BCUT2D eigenvalue weighted by Gasteiger charge is 2.12. The third-order valence-corrected chi connectivity index (χ3v) is 2.90. The standard InChI is InChI=1S/C9H13N3O2S.ClH/c1-5(4-10)12-9(14)7-3-2-6(15-7)8(11)13;/h2-3,5H,4,10H2,1H3,(H2,11,13)(H,12,14);1H/t5-;/m1./s1. The zero-order valence-corrected chi connectivity index (χ0v) is 10.4. The summed E-state index contributed by atoms with van der Waals surface area (Å²) in [7, 11) is 0. The molecule has 1 aromatic heterocycles. The van der Waals surface area contributed by atoms with Gasteiger partial charge < -0.3 is 16.8 Å². The molecule has 1 aromatic rings. The van der Waals surface area contributed by atoms with Crippen LogP contribution in [-0.2, 0) is 0 Å². The minimum atomic E-state index is -0.522. The van der Waals surface area contributed by atoms with Crippen molar-refractivity contribution in [1.82, 2.24) is 5.32 Å². The van der Waals surface area contributed by atoms with Crippen LogP contribution in [0.15, 0.2) is 12.1 Å². The summed E-state index contributed by atoms with van der Waals surface area (Å²) >= 11 is 1.07. The molecule has 1 heterocycles. The fraction of sp³-hybridized carbons (Fsp3) is 0.333. The molecule has 0 bridgehead atoms. The van der Waals surface area contributed by atoms with Crippen molar-refractivity contribution in [2.24, 2.45) is 11.5 Å². The SMILES string of the molecule is C[C@H](CN)NC(=O)c1ccc(C(N)=O)s1.Cl. The summed E-state index contributed by atoms with van der Waals surface area (Å²) in [4.78, 5) is 23.2. The van der Waals surface area contributed by atoms with Crippen LogP contribution in [0.3, 0.4) is 0 Å². The first kappa shape index (κ1) is 14.9. The Hall–Kier alpha value is -1.11. The molecule has 0 aliphatic carbocycles. The summed E-state index contributed by atoms with van der Waals surface area (Å²) < 4.78 is 0. The van der Waals surface area contributed by atoms with Crippen LogP contribution in [0.5, 0.6) is 0 Å². The number of nitrogens with one attached hydrogen (secondary N) is 1. The lowest BCUT2D eigenvalue weighted by Gasteiger charge is -2.09. The van der Waals surface area contributed by atoms with E-state index in [9.17, 15) is 9.59 Å². The highest BCUT2D eigenvalue weighted by molar-refractivity contribution is 7.15. The Labute approximate surface area is 104 Å². The van der Waals surface area contributed by atoms with Gasteiger partial charge in [0.1, 0.15) is 0 Å². The number of carbonyl (C=O) groups is 2. The maximum atomic E-state index is 11.5. The monoisotopic (exact) mass is 263 g/mol. The van der Waals surface area contributed by atoms with Gasteiger partial charge in [-0.3, -0.25) is 9.59 Å². The lowest BCUT2D eigenvalue weighted by Crippen LogP contribution is -2.37. The maximum Gasteiger partial charge on any atom is 0.261 e. The fourth-order valence-electron chi connectivity index (χ4n) is 0.946. The number of rotatable bonds is 4. The Morgan fingerprint density at radius 2 is 2.00 bits per heavy atom. The summed E-state index contributed by atoms with van der Waals surface area (Å²) in [6.07, 6.45) is 0. The molecule has 0 radical (unpaired) electrons. The number of amides is 2. The van der Waals surface area contributed by atoms with Gasteiger partial charge >= 0.3 is 0 Å². The first-order valence-corrected chi connectivity index (χ1v) is 5.26. The molecule has 90 valence electrons.